The maximum Gasteiger partial charge on any atom is 0.293 e. The Balaban J connectivity index is 1.42. The van der Waals surface area contributed by atoms with E-state index in [1.165, 1.54) is 17.0 Å². The van der Waals surface area contributed by atoms with Gasteiger partial charge in [0, 0.05) is 29.7 Å². The van der Waals surface area contributed by atoms with Crippen molar-refractivity contribution in [1.29, 1.82) is 0 Å². The lowest BCUT2D eigenvalue weighted by molar-refractivity contribution is -0.384. The molecule has 0 aliphatic carbocycles. The number of amides is 2. The van der Waals surface area contributed by atoms with Crippen LogP contribution in [0.3, 0.4) is 0 Å². The van der Waals surface area contributed by atoms with Crippen LogP contribution in [0.5, 0.6) is 0 Å². The lowest BCUT2D eigenvalue weighted by Crippen LogP contribution is -2.27. The molecule has 4 aromatic rings. The molecule has 7 nitrogen and oxygen atoms in total. The Bertz CT molecular complexity index is 1430. The average Bonchev–Trinajstić information content (AvgIpc) is 3.39. The van der Waals surface area contributed by atoms with Gasteiger partial charge in [-0.2, -0.15) is 0 Å². The lowest BCUT2D eigenvalue weighted by Gasteiger charge is -2.14. The van der Waals surface area contributed by atoms with Crippen LogP contribution in [0.4, 0.5) is 10.5 Å². The second-order valence-corrected chi connectivity index (χ2v) is 8.48. The molecule has 0 atom stereocenters. The number of nitro groups is 1. The number of imide groups is 1. The number of nitrogens with zero attached hydrogens (tertiary/aromatic N) is 3. The van der Waals surface area contributed by atoms with E-state index in [4.69, 9.17) is 0 Å². The normalized spacial score (nSPS) is 15.0. The van der Waals surface area contributed by atoms with Crippen LogP contribution in [0.25, 0.3) is 22.5 Å². The third kappa shape index (κ3) is 3.92. The van der Waals surface area contributed by atoms with Gasteiger partial charge >= 0.3 is 0 Å². The van der Waals surface area contributed by atoms with E-state index in [9.17, 15) is 19.7 Å². The van der Waals surface area contributed by atoms with Crippen molar-refractivity contribution >= 4 is 45.4 Å². The molecule has 1 aliphatic heterocycles. The van der Waals surface area contributed by atoms with E-state index in [1.807, 2.05) is 59.2 Å². The van der Waals surface area contributed by atoms with Gasteiger partial charge in [0.2, 0.25) is 0 Å². The van der Waals surface area contributed by atoms with Crippen LogP contribution in [0.2, 0.25) is 0 Å². The van der Waals surface area contributed by atoms with Gasteiger partial charge in [0.1, 0.15) is 0 Å². The summed E-state index contributed by atoms with van der Waals surface area (Å²) in [6.07, 6.45) is 3.47. The van der Waals surface area contributed by atoms with Crippen LogP contribution in [-0.2, 0) is 11.3 Å². The molecule has 0 spiro atoms. The van der Waals surface area contributed by atoms with Crippen molar-refractivity contribution in [3.8, 4) is 5.69 Å². The molecular formula is C25H17N3O4S. The van der Waals surface area contributed by atoms with E-state index in [1.54, 1.807) is 24.4 Å². The van der Waals surface area contributed by atoms with Gasteiger partial charge in [0.25, 0.3) is 16.8 Å². The summed E-state index contributed by atoms with van der Waals surface area (Å²) in [5, 5.41) is 12.7. The number of aromatic nitrogens is 1. The van der Waals surface area contributed by atoms with Gasteiger partial charge in [-0.25, -0.2) is 0 Å². The van der Waals surface area contributed by atoms with Crippen molar-refractivity contribution in [2.45, 2.75) is 6.54 Å². The van der Waals surface area contributed by atoms with E-state index in [2.05, 4.69) is 0 Å². The Morgan fingerprint density at radius 2 is 1.67 bits per heavy atom. The molecule has 0 unspecified atom stereocenters. The largest absolute Gasteiger partial charge is 0.317 e. The summed E-state index contributed by atoms with van der Waals surface area (Å²) in [5.74, 6) is -0.339. The van der Waals surface area contributed by atoms with Crippen molar-refractivity contribution in [2.75, 3.05) is 0 Å². The fourth-order valence-corrected chi connectivity index (χ4v) is 4.68. The molecular weight excluding hydrogens is 438 g/mol. The van der Waals surface area contributed by atoms with Gasteiger partial charge in [0.05, 0.1) is 16.4 Å². The summed E-state index contributed by atoms with van der Waals surface area (Å²) in [4.78, 5) is 37.8. The first kappa shape index (κ1) is 20.7. The molecule has 0 saturated carbocycles. The zero-order chi connectivity index (χ0) is 22.9. The number of carbonyl (C=O) groups is 2. The maximum atomic E-state index is 13.1. The van der Waals surface area contributed by atoms with Gasteiger partial charge in [-0.15, -0.1) is 0 Å². The minimum atomic E-state index is -0.452. The second kappa shape index (κ2) is 8.40. The number of hydrogen-bond acceptors (Lipinski definition) is 5. The van der Waals surface area contributed by atoms with Crippen LogP contribution in [0, 0.1) is 10.1 Å². The molecule has 5 rings (SSSR count). The summed E-state index contributed by atoms with van der Waals surface area (Å²) in [5.41, 5.74) is 2.32. The molecule has 8 heteroatoms. The zero-order valence-electron chi connectivity index (χ0n) is 17.3. The third-order valence-electron chi connectivity index (χ3n) is 5.48. The number of hydrogen-bond donors (Lipinski definition) is 0. The molecule has 1 saturated heterocycles. The third-order valence-corrected chi connectivity index (χ3v) is 6.39. The molecule has 1 aromatic heterocycles. The molecule has 1 aliphatic rings. The Kier molecular flexibility index (Phi) is 5.27. The Labute approximate surface area is 193 Å². The predicted molar refractivity (Wildman–Crippen MR) is 128 cm³/mol. The van der Waals surface area contributed by atoms with Crippen LogP contribution in [0.1, 0.15) is 11.3 Å². The standard InChI is InChI=1S/C25H17N3O4S/c29-24-23(15-21-8-4-14-26(21)19-10-12-20(13-11-19)28(31)32)33-25(30)27(24)16-18-7-3-6-17-5-1-2-9-22(17)18/h1-15H,16H2/b23-15-. The SMILES string of the molecule is O=C1S/C(=C\c2cccn2-c2ccc([N+](=O)[O-])cc2)C(=O)N1Cc1cccc2ccccc12. The fraction of sp³-hybridized carbons (Fsp3) is 0.0400. The first-order valence-corrected chi connectivity index (χ1v) is 11.0. The first-order chi connectivity index (χ1) is 16.0. The molecule has 162 valence electrons. The van der Waals surface area contributed by atoms with E-state index in [0.29, 0.717) is 16.3 Å². The predicted octanol–water partition coefficient (Wildman–Crippen LogP) is 5.78. The van der Waals surface area contributed by atoms with Gasteiger partial charge in [-0.1, -0.05) is 42.5 Å². The highest BCUT2D eigenvalue weighted by Crippen LogP contribution is 2.34. The highest BCUT2D eigenvalue weighted by molar-refractivity contribution is 8.18. The van der Waals surface area contributed by atoms with Crippen molar-refractivity contribution in [2.24, 2.45) is 0 Å². The molecule has 2 amide bonds. The topological polar surface area (TPSA) is 85.5 Å². The van der Waals surface area contributed by atoms with Crippen molar-refractivity contribution in [1.82, 2.24) is 9.47 Å². The first-order valence-electron chi connectivity index (χ1n) is 10.2. The number of non-ortho nitro benzene ring substituents is 1. The highest BCUT2D eigenvalue weighted by Gasteiger charge is 2.35. The monoisotopic (exact) mass is 455 g/mol. The Hall–Kier alpha value is -4.17. The van der Waals surface area contributed by atoms with Crippen molar-refractivity contribution in [3.63, 3.8) is 0 Å². The van der Waals surface area contributed by atoms with Crippen LogP contribution >= 0.6 is 11.8 Å². The molecule has 0 radical (unpaired) electrons. The van der Waals surface area contributed by atoms with Crippen LogP contribution in [-0.4, -0.2) is 25.5 Å². The highest BCUT2D eigenvalue weighted by atomic mass is 32.2. The molecule has 33 heavy (non-hydrogen) atoms. The van der Waals surface area contributed by atoms with E-state index >= 15 is 0 Å². The number of rotatable bonds is 5. The molecule has 2 heterocycles. The number of benzene rings is 3. The average molecular weight is 455 g/mol. The maximum absolute atomic E-state index is 13.1. The number of thioether (sulfide) groups is 1. The van der Waals surface area contributed by atoms with E-state index in [-0.39, 0.29) is 23.4 Å². The number of fused-ring (bicyclic) bond motifs is 1. The van der Waals surface area contributed by atoms with Gasteiger partial charge in [-0.05, 0) is 58.4 Å². The van der Waals surface area contributed by atoms with Crippen molar-refractivity contribution in [3.05, 3.63) is 111 Å². The lowest BCUT2D eigenvalue weighted by atomic mass is 10.0. The number of nitro benzene ring substituents is 1. The number of carbonyl (C=O) groups excluding carboxylic acids is 2. The van der Waals surface area contributed by atoms with Crippen LogP contribution in [0.15, 0.2) is 90.0 Å². The molecule has 0 N–H and O–H groups in total. The quantitative estimate of drug-likeness (QED) is 0.216. The molecule has 1 fully saturated rings. The Morgan fingerprint density at radius 1 is 0.909 bits per heavy atom. The molecule has 3 aromatic carbocycles. The van der Waals surface area contributed by atoms with E-state index < -0.39 is 4.92 Å². The molecule has 0 bridgehead atoms. The fourth-order valence-electron chi connectivity index (χ4n) is 3.85. The van der Waals surface area contributed by atoms with Crippen LogP contribution < -0.4 is 0 Å². The smallest absolute Gasteiger partial charge is 0.293 e. The Morgan fingerprint density at radius 3 is 2.45 bits per heavy atom. The van der Waals surface area contributed by atoms with Gasteiger partial charge in [-0.3, -0.25) is 24.6 Å². The summed E-state index contributed by atoms with van der Waals surface area (Å²) in [7, 11) is 0. The van der Waals surface area contributed by atoms with Gasteiger partial charge in [0.15, 0.2) is 0 Å². The summed E-state index contributed by atoms with van der Waals surface area (Å²) in [6, 6.07) is 23.5. The second-order valence-electron chi connectivity index (χ2n) is 7.48. The summed E-state index contributed by atoms with van der Waals surface area (Å²) < 4.78 is 1.81. The van der Waals surface area contributed by atoms with Crippen molar-refractivity contribution < 1.29 is 14.5 Å². The minimum Gasteiger partial charge on any atom is -0.317 e. The van der Waals surface area contributed by atoms with Gasteiger partial charge < -0.3 is 4.57 Å². The summed E-state index contributed by atoms with van der Waals surface area (Å²) in [6.45, 7) is 0.201. The van der Waals surface area contributed by atoms with E-state index in [0.717, 1.165) is 28.1 Å². The zero-order valence-corrected chi connectivity index (χ0v) is 18.1. The summed E-state index contributed by atoms with van der Waals surface area (Å²) >= 11 is 0.911. The minimum absolute atomic E-state index is 0.00186.